The Labute approximate surface area is 77.3 Å². The first-order valence-corrected chi connectivity index (χ1v) is 4.98. The van der Waals surface area contributed by atoms with Crippen molar-refractivity contribution in [3.63, 3.8) is 0 Å². The van der Waals surface area contributed by atoms with E-state index in [0.29, 0.717) is 0 Å². The van der Waals surface area contributed by atoms with Crippen LogP contribution in [-0.2, 0) is 9.47 Å². The molecular weight excluding hydrogens is 152 g/mol. The van der Waals surface area contributed by atoms with Crippen LogP contribution in [0.5, 0.6) is 0 Å². The zero-order valence-electron chi connectivity index (χ0n) is 9.06. The van der Waals surface area contributed by atoms with Gasteiger partial charge in [0.05, 0.1) is 0 Å². The highest BCUT2D eigenvalue weighted by molar-refractivity contribution is 4.25. The Hall–Kier alpha value is -0.0800. The summed E-state index contributed by atoms with van der Waals surface area (Å²) in [5.41, 5.74) is 0. The second-order valence-corrected chi connectivity index (χ2v) is 2.39. The second kappa shape index (κ2) is 17.1. The fraction of sp³-hybridized carbons (Fsp3) is 1.00. The summed E-state index contributed by atoms with van der Waals surface area (Å²) >= 11 is 0. The van der Waals surface area contributed by atoms with Crippen molar-refractivity contribution in [1.29, 1.82) is 0 Å². The Bertz CT molecular complexity index is 49.8. The van der Waals surface area contributed by atoms with Gasteiger partial charge in [0, 0.05) is 26.4 Å². The maximum Gasteiger partial charge on any atom is 0.0463 e. The van der Waals surface area contributed by atoms with Gasteiger partial charge in [-0.1, -0.05) is 13.8 Å². The summed E-state index contributed by atoms with van der Waals surface area (Å²) in [5, 5.41) is 0. The number of ether oxygens (including phenoxy) is 2. The molecule has 0 aromatic heterocycles. The summed E-state index contributed by atoms with van der Waals surface area (Å²) in [7, 11) is 0. The molecule has 0 aliphatic rings. The summed E-state index contributed by atoms with van der Waals surface area (Å²) in [5.74, 6) is 0. The van der Waals surface area contributed by atoms with E-state index in [4.69, 9.17) is 9.47 Å². The van der Waals surface area contributed by atoms with Crippen LogP contribution in [0.4, 0.5) is 0 Å². The topological polar surface area (TPSA) is 18.5 Å². The van der Waals surface area contributed by atoms with E-state index in [2.05, 4.69) is 13.8 Å². The van der Waals surface area contributed by atoms with E-state index in [1.165, 1.54) is 0 Å². The molecule has 2 nitrogen and oxygen atoms in total. The molecule has 0 atom stereocenters. The lowest BCUT2D eigenvalue weighted by Crippen LogP contribution is -1.92. The van der Waals surface area contributed by atoms with Gasteiger partial charge in [-0.05, 0) is 26.7 Å². The lowest BCUT2D eigenvalue weighted by atomic mass is 10.5. The second-order valence-electron chi connectivity index (χ2n) is 2.39. The Morgan fingerprint density at radius 1 is 0.667 bits per heavy atom. The molecular formula is C10H24O2. The molecule has 0 aromatic carbocycles. The third-order valence-electron chi connectivity index (χ3n) is 1.11. The third kappa shape index (κ3) is 22.5. The first-order chi connectivity index (χ1) is 5.83. The lowest BCUT2D eigenvalue weighted by molar-refractivity contribution is 0.135. The average Bonchev–Trinajstić information content (AvgIpc) is 2.08. The highest BCUT2D eigenvalue weighted by atomic mass is 16.5. The van der Waals surface area contributed by atoms with Gasteiger partial charge in [-0.3, -0.25) is 0 Å². The smallest absolute Gasteiger partial charge is 0.0463 e. The molecule has 0 N–H and O–H groups in total. The quantitative estimate of drug-likeness (QED) is 0.579. The van der Waals surface area contributed by atoms with Gasteiger partial charge in [0.15, 0.2) is 0 Å². The summed E-state index contributed by atoms with van der Waals surface area (Å²) in [6, 6.07) is 0. The number of rotatable bonds is 6. The molecule has 0 bridgehead atoms. The molecule has 0 aliphatic carbocycles. The molecule has 0 aromatic rings. The molecule has 0 saturated heterocycles. The van der Waals surface area contributed by atoms with Gasteiger partial charge in [-0.25, -0.2) is 0 Å². The van der Waals surface area contributed by atoms with Crippen molar-refractivity contribution >= 4 is 0 Å². The molecule has 0 amide bonds. The Morgan fingerprint density at radius 2 is 1.08 bits per heavy atom. The lowest BCUT2D eigenvalue weighted by Gasteiger charge is -1.95. The largest absolute Gasteiger partial charge is 0.382 e. The van der Waals surface area contributed by atoms with Crippen molar-refractivity contribution in [2.24, 2.45) is 0 Å². The summed E-state index contributed by atoms with van der Waals surface area (Å²) < 4.78 is 9.97. The Balaban J connectivity index is 0. The molecule has 0 spiro atoms. The van der Waals surface area contributed by atoms with Crippen LogP contribution < -0.4 is 0 Å². The van der Waals surface area contributed by atoms with Crippen LogP contribution >= 0.6 is 0 Å². The first-order valence-electron chi connectivity index (χ1n) is 4.98. The minimum Gasteiger partial charge on any atom is -0.382 e. The SMILES string of the molecule is CCCOCCC.CCOCC. The molecule has 0 saturated carbocycles. The Morgan fingerprint density at radius 3 is 1.25 bits per heavy atom. The van der Waals surface area contributed by atoms with Gasteiger partial charge in [-0.2, -0.15) is 0 Å². The van der Waals surface area contributed by atoms with E-state index in [-0.39, 0.29) is 0 Å². The third-order valence-corrected chi connectivity index (χ3v) is 1.11. The van der Waals surface area contributed by atoms with Gasteiger partial charge >= 0.3 is 0 Å². The van der Waals surface area contributed by atoms with Crippen molar-refractivity contribution in [1.82, 2.24) is 0 Å². The predicted octanol–water partition coefficient (Wildman–Crippen LogP) is 2.87. The van der Waals surface area contributed by atoms with Crippen molar-refractivity contribution in [2.45, 2.75) is 40.5 Å². The number of hydrogen-bond acceptors (Lipinski definition) is 2. The monoisotopic (exact) mass is 176 g/mol. The van der Waals surface area contributed by atoms with Crippen molar-refractivity contribution < 1.29 is 9.47 Å². The van der Waals surface area contributed by atoms with E-state index in [1.54, 1.807) is 0 Å². The predicted molar refractivity (Wildman–Crippen MR) is 53.6 cm³/mol. The van der Waals surface area contributed by atoms with Crippen LogP contribution in [-0.4, -0.2) is 26.4 Å². The van der Waals surface area contributed by atoms with Gasteiger partial charge in [0.25, 0.3) is 0 Å². The van der Waals surface area contributed by atoms with E-state index in [9.17, 15) is 0 Å². The van der Waals surface area contributed by atoms with E-state index < -0.39 is 0 Å². The van der Waals surface area contributed by atoms with Gasteiger partial charge in [0.2, 0.25) is 0 Å². The van der Waals surface area contributed by atoms with E-state index >= 15 is 0 Å². The van der Waals surface area contributed by atoms with Gasteiger partial charge in [0.1, 0.15) is 0 Å². The molecule has 76 valence electrons. The summed E-state index contributed by atoms with van der Waals surface area (Å²) in [6.45, 7) is 11.8. The van der Waals surface area contributed by atoms with Gasteiger partial charge in [-0.15, -0.1) is 0 Å². The molecule has 0 rings (SSSR count). The molecule has 0 radical (unpaired) electrons. The van der Waals surface area contributed by atoms with Crippen LogP contribution in [0, 0.1) is 0 Å². The van der Waals surface area contributed by atoms with Crippen molar-refractivity contribution in [3.8, 4) is 0 Å². The highest BCUT2D eigenvalue weighted by Gasteiger charge is 1.77. The molecule has 0 aliphatic heterocycles. The molecule has 2 heteroatoms. The molecule has 0 unspecified atom stereocenters. The summed E-state index contributed by atoms with van der Waals surface area (Å²) in [4.78, 5) is 0. The van der Waals surface area contributed by atoms with E-state index in [0.717, 1.165) is 39.3 Å². The highest BCUT2D eigenvalue weighted by Crippen LogP contribution is 1.81. The van der Waals surface area contributed by atoms with Crippen molar-refractivity contribution in [2.75, 3.05) is 26.4 Å². The van der Waals surface area contributed by atoms with Crippen LogP contribution in [0.25, 0.3) is 0 Å². The van der Waals surface area contributed by atoms with Crippen LogP contribution in [0.15, 0.2) is 0 Å². The zero-order chi connectivity index (χ0) is 9.66. The van der Waals surface area contributed by atoms with Gasteiger partial charge < -0.3 is 9.47 Å². The minimum absolute atomic E-state index is 0.844. The maximum absolute atomic E-state index is 5.13. The zero-order valence-corrected chi connectivity index (χ0v) is 9.06. The minimum atomic E-state index is 0.844. The fourth-order valence-corrected chi connectivity index (χ4v) is 0.595. The van der Waals surface area contributed by atoms with Crippen molar-refractivity contribution in [3.05, 3.63) is 0 Å². The number of hydrogen-bond donors (Lipinski definition) is 0. The molecule has 0 heterocycles. The fourth-order valence-electron chi connectivity index (χ4n) is 0.595. The molecule has 12 heavy (non-hydrogen) atoms. The molecule has 0 fully saturated rings. The first kappa shape index (κ1) is 14.4. The average molecular weight is 176 g/mol. The van der Waals surface area contributed by atoms with Crippen LogP contribution in [0.2, 0.25) is 0 Å². The van der Waals surface area contributed by atoms with Crippen LogP contribution in [0.3, 0.4) is 0 Å². The van der Waals surface area contributed by atoms with E-state index in [1.807, 2.05) is 13.8 Å². The maximum atomic E-state index is 5.13. The standard InChI is InChI=1S/C6H14O.C4H10O/c1-3-5-7-6-4-2;1-3-5-4-2/h3-6H2,1-2H3;3-4H2,1-2H3. The van der Waals surface area contributed by atoms with Crippen LogP contribution in [0.1, 0.15) is 40.5 Å². The normalized spacial score (nSPS) is 9.00. The summed E-state index contributed by atoms with van der Waals surface area (Å²) in [6.07, 6.45) is 2.28. The Kier molecular flexibility index (Phi) is 20.6.